The van der Waals surface area contributed by atoms with Gasteiger partial charge in [-0.05, 0) is 57.9 Å². The summed E-state index contributed by atoms with van der Waals surface area (Å²) in [5, 5.41) is 0. The minimum atomic E-state index is -0.409. The van der Waals surface area contributed by atoms with E-state index < -0.39 is 5.60 Å². The zero-order valence-electron chi connectivity index (χ0n) is 13.5. The quantitative estimate of drug-likeness (QED) is 0.736. The highest BCUT2D eigenvalue weighted by Crippen LogP contribution is 2.25. The van der Waals surface area contributed by atoms with Crippen molar-refractivity contribution < 1.29 is 14.3 Å². The Morgan fingerprint density at radius 3 is 2.45 bits per heavy atom. The highest BCUT2D eigenvalue weighted by Gasteiger charge is 2.27. The Morgan fingerprint density at radius 1 is 1.35 bits per heavy atom. The fraction of sp³-hybridized carbons (Fsp3) is 0.812. The van der Waals surface area contributed by atoms with Crippen LogP contribution in [0.1, 0.15) is 47.0 Å². The Balaban J connectivity index is 2.33. The summed E-state index contributed by atoms with van der Waals surface area (Å²) in [5.41, 5.74) is -0.409. The summed E-state index contributed by atoms with van der Waals surface area (Å²) in [6, 6.07) is 0. The van der Waals surface area contributed by atoms with Crippen molar-refractivity contribution in [1.29, 1.82) is 0 Å². The average molecular weight is 283 g/mol. The van der Waals surface area contributed by atoms with Crippen molar-refractivity contribution >= 4 is 6.09 Å². The highest BCUT2D eigenvalue weighted by atomic mass is 16.6. The predicted octanol–water partition coefficient (Wildman–Crippen LogP) is 3.82. The van der Waals surface area contributed by atoms with E-state index in [0.717, 1.165) is 32.4 Å². The van der Waals surface area contributed by atoms with Gasteiger partial charge in [0.15, 0.2) is 0 Å². The number of carbonyl (C=O) groups excluding carboxylic acids is 1. The van der Waals surface area contributed by atoms with Gasteiger partial charge in [0.1, 0.15) is 5.60 Å². The van der Waals surface area contributed by atoms with E-state index in [1.165, 1.54) is 0 Å². The molecular formula is C16H29NO3. The van der Waals surface area contributed by atoms with Crippen LogP contribution in [-0.4, -0.2) is 36.8 Å². The summed E-state index contributed by atoms with van der Waals surface area (Å²) in [6.07, 6.45) is 6.95. The zero-order valence-corrected chi connectivity index (χ0v) is 13.5. The molecule has 1 aliphatic heterocycles. The van der Waals surface area contributed by atoms with E-state index in [4.69, 9.17) is 9.47 Å². The van der Waals surface area contributed by atoms with Gasteiger partial charge in [-0.1, -0.05) is 6.92 Å². The van der Waals surface area contributed by atoms with E-state index in [1.807, 2.05) is 25.7 Å². The van der Waals surface area contributed by atoms with E-state index in [9.17, 15) is 4.79 Å². The van der Waals surface area contributed by atoms with Crippen LogP contribution in [-0.2, 0) is 9.47 Å². The van der Waals surface area contributed by atoms with E-state index in [0.29, 0.717) is 11.8 Å². The summed E-state index contributed by atoms with van der Waals surface area (Å²) in [4.78, 5) is 13.8. The normalized spacial score (nSPS) is 19.1. The average Bonchev–Trinajstić information content (AvgIpc) is 2.35. The highest BCUT2D eigenvalue weighted by molar-refractivity contribution is 5.68. The second-order valence-corrected chi connectivity index (χ2v) is 6.69. The summed E-state index contributed by atoms with van der Waals surface area (Å²) in [5.74, 6) is 1.21. The van der Waals surface area contributed by atoms with E-state index >= 15 is 0 Å². The van der Waals surface area contributed by atoms with Crippen LogP contribution < -0.4 is 0 Å². The van der Waals surface area contributed by atoms with Crippen molar-refractivity contribution in [3.63, 3.8) is 0 Å². The lowest BCUT2D eigenvalue weighted by molar-refractivity contribution is 0.0178. The van der Waals surface area contributed by atoms with Crippen LogP contribution in [0.15, 0.2) is 12.3 Å². The van der Waals surface area contributed by atoms with Gasteiger partial charge in [0.2, 0.25) is 0 Å². The minimum Gasteiger partial charge on any atom is -0.505 e. The van der Waals surface area contributed by atoms with Crippen molar-refractivity contribution in [3.8, 4) is 0 Å². The maximum Gasteiger partial charge on any atom is 0.410 e. The van der Waals surface area contributed by atoms with Crippen molar-refractivity contribution in [3.05, 3.63) is 12.3 Å². The Hall–Kier alpha value is -1.19. The number of rotatable bonds is 4. The second-order valence-electron chi connectivity index (χ2n) is 6.69. The molecule has 116 valence electrons. The SMILES string of the molecule is CO/C=C/C(C)CC1CCN(C(=O)OC(C)(C)C)CC1. The molecule has 0 N–H and O–H groups in total. The molecular weight excluding hydrogens is 254 g/mol. The Labute approximate surface area is 123 Å². The molecule has 1 rings (SSSR count). The van der Waals surface area contributed by atoms with Crippen molar-refractivity contribution in [1.82, 2.24) is 4.90 Å². The number of allylic oxidation sites excluding steroid dienone is 1. The van der Waals surface area contributed by atoms with Gasteiger partial charge >= 0.3 is 6.09 Å². The molecule has 0 radical (unpaired) electrons. The summed E-state index contributed by atoms with van der Waals surface area (Å²) < 4.78 is 10.4. The molecule has 1 unspecified atom stereocenters. The molecule has 1 fully saturated rings. The number of carbonyl (C=O) groups is 1. The number of hydrogen-bond donors (Lipinski definition) is 0. The first-order valence-electron chi connectivity index (χ1n) is 7.49. The third kappa shape index (κ3) is 6.31. The van der Waals surface area contributed by atoms with Gasteiger partial charge in [0.25, 0.3) is 0 Å². The lowest BCUT2D eigenvalue weighted by Gasteiger charge is -2.34. The number of ether oxygens (including phenoxy) is 2. The molecule has 0 spiro atoms. The fourth-order valence-electron chi connectivity index (χ4n) is 2.49. The Bertz CT molecular complexity index is 325. The maximum atomic E-state index is 12.0. The van der Waals surface area contributed by atoms with Crippen LogP contribution in [0.4, 0.5) is 4.79 Å². The smallest absolute Gasteiger partial charge is 0.410 e. The summed E-state index contributed by atoms with van der Waals surface area (Å²) >= 11 is 0. The molecule has 1 aliphatic rings. The van der Waals surface area contributed by atoms with Crippen LogP contribution >= 0.6 is 0 Å². The molecule has 0 aliphatic carbocycles. The minimum absolute atomic E-state index is 0.178. The molecule has 1 amide bonds. The van der Waals surface area contributed by atoms with Gasteiger partial charge in [-0.3, -0.25) is 0 Å². The van der Waals surface area contributed by atoms with Gasteiger partial charge in [-0.15, -0.1) is 0 Å². The number of amides is 1. The number of nitrogens with zero attached hydrogens (tertiary/aromatic N) is 1. The van der Waals surface area contributed by atoms with E-state index in [2.05, 4.69) is 13.0 Å². The molecule has 0 aromatic rings. The van der Waals surface area contributed by atoms with Gasteiger partial charge in [0, 0.05) is 13.1 Å². The summed E-state index contributed by atoms with van der Waals surface area (Å²) in [7, 11) is 1.67. The second kappa shape index (κ2) is 7.55. The van der Waals surface area contributed by atoms with E-state index in [-0.39, 0.29) is 6.09 Å². The monoisotopic (exact) mass is 283 g/mol. The molecule has 0 aromatic carbocycles. The molecule has 0 saturated carbocycles. The summed E-state index contributed by atoms with van der Waals surface area (Å²) in [6.45, 7) is 9.53. The molecule has 1 saturated heterocycles. The largest absolute Gasteiger partial charge is 0.505 e. The predicted molar refractivity (Wildman–Crippen MR) is 80.5 cm³/mol. The first-order valence-corrected chi connectivity index (χ1v) is 7.49. The van der Waals surface area contributed by atoms with Gasteiger partial charge in [0.05, 0.1) is 13.4 Å². The van der Waals surface area contributed by atoms with Crippen molar-refractivity contribution in [2.75, 3.05) is 20.2 Å². The van der Waals surface area contributed by atoms with Crippen LogP contribution in [0.2, 0.25) is 0 Å². The molecule has 0 aromatic heterocycles. The molecule has 4 heteroatoms. The van der Waals surface area contributed by atoms with Crippen molar-refractivity contribution in [2.45, 2.75) is 52.6 Å². The standard InChI is InChI=1S/C16H29NO3/c1-13(8-11-19-5)12-14-6-9-17(10-7-14)15(18)20-16(2,3)4/h8,11,13-14H,6-7,9-10,12H2,1-5H3/b11-8+. The molecule has 1 heterocycles. The van der Waals surface area contributed by atoms with Gasteiger partial charge in [-0.25, -0.2) is 4.79 Å². The lowest BCUT2D eigenvalue weighted by atomic mass is 9.88. The van der Waals surface area contributed by atoms with Crippen LogP contribution in [0.25, 0.3) is 0 Å². The molecule has 20 heavy (non-hydrogen) atoms. The first-order chi connectivity index (χ1) is 9.31. The lowest BCUT2D eigenvalue weighted by Crippen LogP contribution is -2.41. The number of likely N-dealkylation sites (tertiary alicyclic amines) is 1. The third-order valence-electron chi connectivity index (χ3n) is 3.51. The van der Waals surface area contributed by atoms with Crippen LogP contribution in [0, 0.1) is 11.8 Å². The maximum absolute atomic E-state index is 12.0. The van der Waals surface area contributed by atoms with Crippen LogP contribution in [0.3, 0.4) is 0 Å². The first kappa shape index (κ1) is 16.9. The molecule has 0 bridgehead atoms. The van der Waals surface area contributed by atoms with Gasteiger partial charge in [-0.2, -0.15) is 0 Å². The number of hydrogen-bond acceptors (Lipinski definition) is 3. The Kier molecular flexibility index (Phi) is 6.37. The molecule has 1 atom stereocenters. The zero-order chi connectivity index (χ0) is 15.2. The number of piperidine rings is 1. The topological polar surface area (TPSA) is 38.8 Å². The Morgan fingerprint density at radius 2 is 1.95 bits per heavy atom. The van der Waals surface area contributed by atoms with Crippen molar-refractivity contribution in [2.24, 2.45) is 11.8 Å². The molecule has 4 nitrogen and oxygen atoms in total. The number of methoxy groups -OCH3 is 1. The van der Waals surface area contributed by atoms with Crippen LogP contribution in [0.5, 0.6) is 0 Å². The third-order valence-corrected chi connectivity index (χ3v) is 3.51. The van der Waals surface area contributed by atoms with E-state index in [1.54, 1.807) is 13.4 Å². The fourth-order valence-corrected chi connectivity index (χ4v) is 2.49. The van der Waals surface area contributed by atoms with Gasteiger partial charge < -0.3 is 14.4 Å².